The van der Waals surface area contributed by atoms with E-state index in [0.717, 1.165) is 30.7 Å². The molecule has 0 spiro atoms. The largest absolute Gasteiger partial charge is 1.00 e. The summed E-state index contributed by atoms with van der Waals surface area (Å²) in [5.41, 5.74) is 0. The molecular weight excluding hydrogens is 298 g/mol. The molecule has 0 aliphatic rings. The number of alkyl halides is 1. The molecule has 0 rings (SSSR count). The van der Waals surface area contributed by atoms with Crippen LogP contribution >= 0.6 is 11.6 Å². The highest BCUT2D eigenvalue weighted by molar-refractivity contribution is 6.17. The highest BCUT2D eigenvalue weighted by atomic mass is 35.5. The van der Waals surface area contributed by atoms with Crippen LogP contribution in [0.1, 0.15) is 6.92 Å². The molecule has 7 heteroatoms. The van der Waals surface area contributed by atoms with Crippen molar-refractivity contribution in [2.45, 2.75) is 6.92 Å². The fraction of sp³-hybridized carbons (Fsp3) is 1.00. The van der Waals surface area contributed by atoms with E-state index >= 15 is 0 Å². The van der Waals surface area contributed by atoms with Gasteiger partial charge in [0.1, 0.15) is 26.2 Å². The van der Waals surface area contributed by atoms with Gasteiger partial charge in [-0.2, -0.15) is 0 Å². The molecule has 0 aromatic carbocycles. The summed E-state index contributed by atoms with van der Waals surface area (Å²) >= 11 is 5.74. The second-order valence-electron chi connectivity index (χ2n) is 4.53. The van der Waals surface area contributed by atoms with Crippen molar-refractivity contribution in [2.24, 2.45) is 0 Å². The molecule has 0 bridgehead atoms. The van der Waals surface area contributed by atoms with Gasteiger partial charge in [-0.3, -0.25) is 0 Å². The van der Waals surface area contributed by atoms with E-state index in [2.05, 4.69) is 14.0 Å². The molecule has 18 heavy (non-hydrogen) atoms. The summed E-state index contributed by atoms with van der Waals surface area (Å²) in [4.78, 5) is 1.48. The predicted octanol–water partition coefficient (Wildman–Crippen LogP) is -7.43. The lowest BCUT2D eigenvalue weighted by molar-refractivity contribution is -0.959. The van der Waals surface area contributed by atoms with Gasteiger partial charge in [0, 0.05) is 0 Å². The first-order valence-corrected chi connectivity index (χ1v) is 6.60. The molecule has 0 saturated carbocycles. The summed E-state index contributed by atoms with van der Waals surface area (Å²) in [5, 5.41) is 18.1. The van der Waals surface area contributed by atoms with Gasteiger partial charge in [-0.15, -0.1) is 11.6 Å². The minimum atomic E-state index is 0. The maximum absolute atomic E-state index is 9.03. The Morgan fingerprint density at radius 3 is 1.83 bits per heavy atom. The summed E-state index contributed by atoms with van der Waals surface area (Å²) in [6.07, 6.45) is 0. The molecule has 0 fully saturated rings. The van der Waals surface area contributed by atoms with Crippen molar-refractivity contribution < 1.29 is 44.4 Å². The van der Waals surface area contributed by atoms with E-state index in [1.54, 1.807) is 0 Å². The molecule has 114 valence electrons. The Labute approximate surface area is 128 Å². The lowest BCUT2D eigenvalue weighted by Gasteiger charge is -2.34. The number of nitrogens with one attached hydrogen (secondary N) is 1. The Hall–Kier alpha value is 0.710. The van der Waals surface area contributed by atoms with Crippen molar-refractivity contribution in [3.63, 3.8) is 0 Å². The van der Waals surface area contributed by atoms with E-state index in [-0.39, 0.29) is 38.0 Å². The molecule has 4 nitrogen and oxygen atoms in total. The van der Waals surface area contributed by atoms with Crippen LogP contribution in [0.5, 0.6) is 0 Å². The van der Waals surface area contributed by atoms with Crippen LogP contribution in [0, 0.1) is 0 Å². The summed E-state index contributed by atoms with van der Waals surface area (Å²) in [6, 6.07) is 0. The molecule has 0 aromatic rings. The molecule has 0 heterocycles. The van der Waals surface area contributed by atoms with Crippen LogP contribution in [-0.4, -0.2) is 80.1 Å². The molecular formula is C11H27Cl3N2O2. The molecule has 0 saturated heterocycles. The number of rotatable bonds is 10. The van der Waals surface area contributed by atoms with Crippen LogP contribution < -0.4 is 29.7 Å². The van der Waals surface area contributed by atoms with Crippen LogP contribution in [0.15, 0.2) is 0 Å². The second-order valence-corrected chi connectivity index (χ2v) is 4.91. The van der Waals surface area contributed by atoms with Gasteiger partial charge in [-0.1, -0.05) is 0 Å². The Kier molecular flexibility index (Phi) is 18.7. The number of nitrogens with zero attached hydrogens (tertiary/aromatic N) is 1. The van der Waals surface area contributed by atoms with Crippen LogP contribution in [0.4, 0.5) is 0 Å². The lowest BCUT2D eigenvalue weighted by Crippen LogP contribution is -3.13. The third-order valence-electron chi connectivity index (χ3n) is 3.23. The standard InChI is InChI=1S/C11H26ClN2O2.2ClH/c1-3-13(5-4-12)6-7-14(2,8-10-15)9-11-16;;/h15-16H,3-11H2,1-2H3;2*1H/q+1;;/p-1. The molecule has 1 unspecified atom stereocenters. The maximum Gasteiger partial charge on any atom is 0.128 e. The SMILES string of the molecule is CC[NH+](CCCl)CC[N+](C)(CCO)CCO.[Cl-].[Cl-]. The third-order valence-corrected chi connectivity index (χ3v) is 3.42. The molecule has 0 aliphatic carbocycles. The average molecular weight is 326 g/mol. The fourth-order valence-electron chi connectivity index (χ4n) is 1.86. The Morgan fingerprint density at radius 1 is 1.00 bits per heavy atom. The topological polar surface area (TPSA) is 44.9 Å². The first-order valence-electron chi connectivity index (χ1n) is 6.06. The average Bonchev–Trinajstić information content (AvgIpc) is 2.25. The summed E-state index contributed by atoms with van der Waals surface area (Å²) in [6.45, 7) is 7.99. The van der Waals surface area contributed by atoms with Crippen LogP contribution in [-0.2, 0) is 0 Å². The maximum atomic E-state index is 9.03. The number of aliphatic hydroxyl groups excluding tert-OH is 2. The van der Waals surface area contributed by atoms with Crippen LogP contribution in [0.2, 0.25) is 0 Å². The van der Waals surface area contributed by atoms with Crippen LogP contribution in [0.3, 0.4) is 0 Å². The Balaban J connectivity index is -0.00000112. The number of likely N-dealkylation sites (N-methyl/N-ethyl adjacent to an activating group) is 2. The number of halogens is 3. The molecule has 0 amide bonds. The highest BCUT2D eigenvalue weighted by Crippen LogP contribution is 1.98. The van der Waals surface area contributed by atoms with Crippen LogP contribution in [0.25, 0.3) is 0 Å². The van der Waals surface area contributed by atoms with E-state index in [1.807, 2.05) is 0 Å². The Bertz CT molecular complexity index is 170. The minimum absolute atomic E-state index is 0. The van der Waals surface area contributed by atoms with Gasteiger partial charge in [0.05, 0.1) is 39.2 Å². The normalized spacial score (nSPS) is 12.5. The van der Waals surface area contributed by atoms with Gasteiger partial charge in [-0.05, 0) is 6.92 Å². The van der Waals surface area contributed by atoms with Crippen molar-refractivity contribution in [1.82, 2.24) is 0 Å². The fourth-order valence-corrected chi connectivity index (χ4v) is 2.13. The lowest BCUT2D eigenvalue weighted by atomic mass is 10.3. The van der Waals surface area contributed by atoms with Gasteiger partial charge < -0.3 is 44.4 Å². The van der Waals surface area contributed by atoms with Crippen molar-refractivity contribution in [1.29, 1.82) is 0 Å². The van der Waals surface area contributed by atoms with Crippen molar-refractivity contribution in [3.8, 4) is 0 Å². The monoisotopic (exact) mass is 324 g/mol. The first kappa shape index (κ1) is 23.8. The number of hydrogen-bond donors (Lipinski definition) is 3. The number of hydrogen-bond acceptors (Lipinski definition) is 2. The van der Waals surface area contributed by atoms with Crippen molar-refractivity contribution >= 4 is 11.6 Å². The zero-order chi connectivity index (χ0) is 12.4. The first-order chi connectivity index (χ1) is 7.61. The highest BCUT2D eigenvalue weighted by Gasteiger charge is 2.22. The van der Waals surface area contributed by atoms with Gasteiger partial charge in [0.15, 0.2) is 0 Å². The zero-order valence-electron chi connectivity index (χ0n) is 11.3. The molecule has 1 atom stereocenters. The van der Waals surface area contributed by atoms with Gasteiger partial charge in [0.25, 0.3) is 0 Å². The van der Waals surface area contributed by atoms with Crippen molar-refractivity contribution in [3.05, 3.63) is 0 Å². The van der Waals surface area contributed by atoms with Gasteiger partial charge in [-0.25, -0.2) is 0 Å². The number of quaternary nitrogens is 2. The minimum Gasteiger partial charge on any atom is -1.00 e. The van der Waals surface area contributed by atoms with E-state index in [0.29, 0.717) is 19.0 Å². The molecule has 3 N–H and O–H groups in total. The second kappa shape index (κ2) is 14.1. The van der Waals surface area contributed by atoms with Crippen molar-refractivity contribution in [2.75, 3.05) is 65.4 Å². The summed E-state index contributed by atoms with van der Waals surface area (Å²) in [5.74, 6) is 0.687. The van der Waals surface area contributed by atoms with Gasteiger partial charge >= 0.3 is 0 Å². The molecule has 0 radical (unpaired) electrons. The Morgan fingerprint density at radius 2 is 1.50 bits per heavy atom. The quantitative estimate of drug-likeness (QED) is 0.276. The zero-order valence-corrected chi connectivity index (χ0v) is 13.6. The van der Waals surface area contributed by atoms with E-state index < -0.39 is 0 Å². The molecule has 0 aromatic heterocycles. The molecule has 0 aliphatic heterocycles. The van der Waals surface area contributed by atoms with E-state index in [1.165, 1.54) is 4.90 Å². The summed E-state index contributed by atoms with van der Waals surface area (Å²) in [7, 11) is 2.08. The smallest absolute Gasteiger partial charge is 0.128 e. The third kappa shape index (κ3) is 10.6. The predicted molar refractivity (Wildman–Crippen MR) is 66.9 cm³/mol. The summed E-state index contributed by atoms with van der Waals surface area (Å²) < 4.78 is 0.735. The van der Waals surface area contributed by atoms with E-state index in [9.17, 15) is 0 Å². The van der Waals surface area contributed by atoms with E-state index in [4.69, 9.17) is 21.8 Å². The van der Waals surface area contributed by atoms with Gasteiger partial charge in [0.2, 0.25) is 0 Å². The number of aliphatic hydroxyl groups is 2.